The van der Waals surface area contributed by atoms with Gasteiger partial charge < -0.3 is 9.84 Å². The van der Waals surface area contributed by atoms with Crippen LogP contribution in [0, 0.1) is 0 Å². The van der Waals surface area contributed by atoms with E-state index in [0.29, 0.717) is 0 Å². The van der Waals surface area contributed by atoms with Crippen LogP contribution < -0.4 is 4.74 Å². The molecule has 1 N–H and O–H groups in total. The molecule has 0 saturated heterocycles. The average molecular weight is 209 g/mol. The van der Waals surface area contributed by atoms with Gasteiger partial charge in [-0.2, -0.15) is 0 Å². The molecule has 3 nitrogen and oxygen atoms in total. The van der Waals surface area contributed by atoms with Crippen LogP contribution in [0.5, 0.6) is 5.75 Å². The van der Waals surface area contributed by atoms with E-state index in [4.69, 9.17) is 4.74 Å². The second-order valence-electron chi connectivity index (χ2n) is 3.77. The summed E-state index contributed by atoms with van der Waals surface area (Å²) in [6.07, 6.45) is 0.336. The van der Waals surface area contributed by atoms with Crippen molar-refractivity contribution in [1.29, 1.82) is 0 Å². The van der Waals surface area contributed by atoms with E-state index in [-0.39, 0.29) is 0 Å². The molecule has 1 atom stereocenters. The van der Waals surface area contributed by atoms with Gasteiger partial charge in [-0.15, -0.1) is 0 Å². The molecule has 0 bridgehead atoms. The van der Waals surface area contributed by atoms with Crippen molar-refractivity contribution in [3.8, 4) is 5.75 Å². The van der Waals surface area contributed by atoms with E-state index in [2.05, 4.69) is 6.92 Å². The van der Waals surface area contributed by atoms with E-state index in [1.807, 2.05) is 32.3 Å². The van der Waals surface area contributed by atoms with Crippen LogP contribution in [0.25, 0.3) is 0 Å². The third-order valence-electron chi connectivity index (χ3n) is 2.47. The molecular formula is C12H19NO2. The Labute approximate surface area is 91.3 Å². The highest BCUT2D eigenvalue weighted by atomic mass is 16.5. The number of benzene rings is 1. The van der Waals surface area contributed by atoms with Crippen LogP contribution in [-0.2, 0) is 6.42 Å². The Balaban J connectivity index is 3.11. The van der Waals surface area contributed by atoms with Gasteiger partial charge in [0.05, 0.1) is 7.11 Å². The molecular weight excluding hydrogens is 190 g/mol. The van der Waals surface area contributed by atoms with E-state index in [0.717, 1.165) is 17.7 Å². The van der Waals surface area contributed by atoms with Crippen LogP contribution in [-0.4, -0.2) is 31.2 Å². The first-order chi connectivity index (χ1) is 7.10. The minimum Gasteiger partial charge on any atom is -0.496 e. The minimum atomic E-state index is -0.619. The molecule has 0 fully saturated rings. The Morgan fingerprint density at radius 1 is 1.40 bits per heavy atom. The molecule has 0 radical (unpaired) electrons. The SMILES string of the molecule is CCc1ccc(OC)c(C(O)N(C)C)c1. The van der Waals surface area contributed by atoms with Gasteiger partial charge in [-0.1, -0.05) is 13.0 Å². The fourth-order valence-electron chi connectivity index (χ4n) is 1.48. The normalized spacial score (nSPS) is 12.9. The van der Waals surface area contributed by atoms with Crippen molar-refractivity contribution in [2.24, 2.45) is 0 Å². The van der Waals surface area contributed by atoms with Gasteiger partial charge in [-0.05, 0) is 38.2 Å². The number of nitrogens with zero attached hydrogens (tertiary/aromatic N) is 1. The van der Waals surface area contributed by atoms with Gasteiger partial charge in [0.15, 0.2) is 0 Å². The Kier molecular flexibility index (Phi) is 4.12. The number of aryl methyl sites for hydroxylation is 1. The van der Waals surface area contributed by atoms with Crippen LogP contribution in [0.2, 0.25) is 0 Å². The Morgan fingerprint density at radius 3 is 2.53 bits per heavy atom. The molecule has 1 aromatic carbocycles. The summed E-state index contributed by atoms with van der Waals surface area (Å²) in [6.45, 7) is 2.09. The number of aliphatic hydroxyl groups is 1. The second-order valence-corrected chi connectivity index (χ2v) is 3.77. The highest BCUT2D eigenvalue weighted by Crippen LogP contribution is 2.27. The molecule has 0 aliphatic rings. The number of methoxy groups -OCH3 is 1. The maximum Gasteiger partial charge on any atom is 0.136 e. The first kappa shape index (κ1) is 12.0. The van der Waals surface area contributed by atoms with E-state index in [1.165, 1.54) is 5.56 Å². The highest BCUT2D eigenvalue weighted by molar-refractivity contribution is 5.38. The first-order valence-electron chi connectivity index (χ1n) is 5.11. The van der Waals surface area contributed by atoms with Crippen LogP contribution in [0.3, 0.4) is 0 Å². The zero-order chi connectivity index (χ0) is 11.4. The van der Waals surface area contributed by atoms with Crippen molar-refractivity contribution < 1.29 is 9.84 Å². The number of rotatable bonds is 4. The Bertz CT molecular complexity index is 323. The largest absolute Gasteiger partial charge is 0.496 e. The van der Waals surface area contributed by atoms with Gasteiger partial charge in [0.25, 0.3) is 0 Å². The molecule has 0 aliphatic carbocycles. The maximum absolute atomic E-state index is 9.98. The molecule has 0 spiro atoms. The number of hydrogen-bond donors (Lipinski definition) is 1. The molecule has 15 heavy (non-hydrogen) atoms. The van der Waals surface area contributed by atoms with Gasteiger partial charge in [0.1, 0.15) is 12.0 Å². The van der Waals surface area contributed by atoms with Crippen LogP contribution in [0.4, 0.5) is 0 Å². The van der Waals surface area contributed by atoms with Crippen LogP contribution in [0.1, 0.15) is 24.3 Å². The molecule has 0 aliphatic heterocycles. The number of aliphatic hydroxyl groups excluding tert-OH is 1. The fourth-order valence-corrected chi connectivity index (χ4v) is 1.48. The average Bonchev–Trinajstić information content (AvgIpc) is 2.27. The maximum atomic E-state index is 9.98. The van der Waals surface area contributed by atoms with Gasteiger partial charge in [0, 0.05) is 5.56 Å². The summed E-state index contributed by atoms with van der Waals surface area (Å²) in [4.78, 5) is 1.75. The lowest BCUT2D eigenvalue weighted by Gasteiger charge is -2.21. The van der Waals surface area contributed by atoms with E-state index >= 15 is 0 Å². The van der Waals surface area contributed by atoms with E-state index < -0.39 is 6.23 Å². The highest BCUT2D eigenvalue weighted by Gasteiger charge is 2.15. The predicted octanol–water partition coefficient (Wildman–Crippen LogP) is 1.81. The molecule has 0 aromatic heterocycles. The predicted molar refractivity (Wildman–Crippen MR) is 61.0 cm³/mol. The monoisotopic (exact) mass is 209 g/mol. The molecule has 84 valence electrons. The lowest BCUT2D eigenvalue weighted by atomic mass is 10.1. The fraction of sp³-hybridized carbons (Fsp3) is 0.500. The van der Waals surface area contributed by atoms with Crippen LogP contribution >= 0.6 is 0 Å². The van der Waals surface area contributed by atoms with E-state index in [1.54, 1.807) is 12.0 Å². The summed E-state index contributed by atoms with van der Waals surface area (Å²) in [5.41, 5.74) is 2.02. The summed E-state index contributed by atoms with van der Waals surface area (Å²) in [5, 5.41) is 9.98. The van der Waals surface area contributed by atoms with Crippen LogP contribution in [0.15, 0.2) is 18.2 Å². The summed E-state index contributed by atoms with van der Waals surface area (Å²) >= 11 is 0. The second kappa shape index (κ2) is 5.14. The van der Waals surface area contributed by atoms with Crippen molar-refractivity contribution >= 4 is 0 Å². The topological polar surface area (TPSA) is 32.7 Å². The number of ether oxygens (including phenoxy) is 1. The van der Waals surface area contributed by atoms with Crippen molar-refractivity contribution in [2.45, 2.75) is 19.6 Å². The van der Waals surface area contributed by atoms with Gasteiger partial charge in [0.2, 0.25) is 0 Å². The quantitative estimate of drug-likeness (QED) is 0.768. The third kappa shape index (κ3) is 2.70. The summed E-state index contributed by atoms with van der Waals surface area (Å²) in [5.74, 6) is 0.730. The van der Waals surface area contributed by atoms with E-state index in [9.17, 15) is 5.11 Å². The zero-order valence-electron chi connectivity index (χ0n) is 9.82. The van der Waals surface area contributed by atoms with Crippen molar-refractivity contribution in [3.63, 3.8) is 0 Å². The molecule has 0 heterocycles. The molecule has 0 saturated carbocycles. The lowest BCUT2D eigenvalue weighted by Crippen LogP contribution is -2.20. The standard InChI is InChI=1S/C12H19NO2/c1-5-9-6-7-11(15-4)10(8-9)12(14)13(2)3/h6-8,12,14H,5H2,1-4H3. The summed E-state index contributed by atoms with van der Waals surface area (Å²) in [6, 6.07) is 5.91. The first-order valence-corrected chi connectivity index (χ1v) is 5.11. The van der Waals surface area contributed by atoms with Crippen molar-refractivity contribution in [2.75, 3.05) is 21.2 Å². The molecule has 0 amide bonds. The molecule has 1 aromatic rings. The van der Waals surface area contributed by atoms with Crippen molar-refractivity contribution in [3.05, 3.63) is 29.3 Å². The minimum absolute atomic E-state index is 0.619. The van der Waals surface area contributed by atoms with Crippen molar-refractivity contribution in [1.82, 2.24) is 4.90 Å². The lowest BCUT2D eigenvalue weighted by molar-refractivity contribution is 0.0374. The molecule has 1 rings (SSSR count). The zero-order valence-corrected chi connectivity index (χ0v) is 9.82. The molecule has 3 heteroatoms. The third-order valence-corrected chi connectivity index (χ3v) is 2.47. The summed E-state index contributed by atoms with van der Waals surface area (Å²) in [7, 11) is 5.29. The number of hydrogen-bond acceptors (Lipinski definition) is 3. The smallest absolute Gasteiger partial charge is 0.136 e. The Hall–Kier alpha value is -1.06. The van der Waals surface area contributed by atoms with Gasteiger partial charge in [-0.25, -0.2) is 0 Å². The molecule has 1 unspecified atom stereocenters. The van der Waals surface area contributed by atoms with Gasteiger partial charge >= 0.3 is 0 Å². The summed E-state index contributed by atoms with van der Waals surface area (Å²) < 4.78 is 5.23. The van der Waals surface area contributed by atoms with Gasteiger partial charge in [-0.3, -0.25) is 4.90 Å². The Morgan fingerprint density at radius 2 is 2.07 bits per heavy atom.